The predicted molar refractivity (Wildman–Crippen MR) is 106 cm³/mol. The molecule has 0 spiro atoms. The van der Waals surface area contributed by atoms with Crippen LogP contribution in [-0.4, -0.2) is 17.7 Å². The lowest BCUT2D eigenvalue weighted by Crippen LogP contribution is -2.33. The van der Waals surface area contributed by atoms with E-state index in [1.807, 2.05) is 66.3 Å². The molecule has 0 radical (unpaired) electrons. The van der Waals surface area contributed by atoms with Crippen molar-refractivity contribution >= 4 is 18.1 Å². The van der Waals surface area contributed by atoms with Crippen molar-refractivity contribution in [1.29, 1.82) is 0 Å². The number of carbonyl (C=O) groups is 1. The van der Waals surface area contributed by atoms with Crippen molar-refractivity contribution in [2.45, 2.75) is 13.5 Å². The van der Waals surface area contributed by atoms with Crippen molar-refractivity contribution in [2.24, 2.45) is 0 Å². The highest BCUT2D eigenvalue weighted by atomic mass is 16.5. The normalized spacial score (nSPS) is 10.9. The lowest BCUT2D eigenvalue weighted by molar-refractivity contribution is -0.688. The average Bonchev–Trinajstić information content (AvgIpc) is 2.68. The number of nitrogens with zero attached hydrogens (tertiary/aromatic N) is 1. The van der Waals surface area contributed by atoms with Gasteiger partial charge in [0.15, 0.2) is 18.9 Å². The highest BCUT2D eigenvalue weighted by Gasteiger charge is 2.07. The summed E-state index contributed by atoms with van der Waals surface area (Å²) in [6.07, 6.45) is 8.09. The van der Waals surface area contributed by atoms with Crippen LogP contribution in [0.4, 0.5) is 0 Å². The number of ether oxygens (including phenoxy) is 1. The van der Waals surface area contributed by atoms with Gasteiger partial charge < -0.3 is 9.84 Å². The number of hydrogen-bond donors (Lipinski definition) is 1. The first kappa shape index (κ1) is 18.4. The molecular weight excluding hydrogens is 338 g/mol. The van der Waals surface area contributed by atoms with Gasteiger partial charge in [0.05, 0.1) is 12.2 Å². The third-order valence-corrected chi connectivity index (χ3v) is 4.09. The Morgan fingerprint density at radius 3 is 2.48 bits per heavy atom. The quantitative estimate of drug-likeness (QED) is 0.640. The Hall–Kier alpha value is -3.40. The largest absolute Gasteiger partial charge is 0.494 e. The predicted octanol–water partition coefficient (Wildman–Crippen LogP) is 4.29. The first-order chi connectivity index (χ1) is 13.1. The fourth-order valence-corrected chi connectivity index (χ4v) is 2.77. The summed E-state index contributed by atoms with van der Waals surface area (Å²) in [4.78, 5) is 11.1. The lowest BCUT2D eigenvalue weighted by Gasteiger charge is -2.03. The highest BCUT2D eigenvalue weighted by Crippen LogP contribution is 2.15. The molecule has 0 aliphatic carbocycles. The maximum Gasteiger partial charge on any atom is 0.335 e. The van der Waals surface area contributed by atoms with E-state index < -0.39 is 5.97 Å². The van der Waals surface area contributed by atoms with Crippen LogP contribution in [0.1, 0.15) is 34.0 Å². The zero-order valence-corrected chi connectivity index (χ0v) is 15.2. The minimum atomic E-state index is -0.907. The molecule has 0 aliphatic rings. The fraction of sp³-hybridized carbons (Fsp3) is 0.130. The Morgan fingerprint density at radius 1 is 1.00 bits per heavy atom. The number of carboxylic acids is 1. The van der Waals surface area contributed by atoms with Crippen LogP contribution in [0.5, 0.6) is 5.75 Å². The van der Waals surface area contributed by atoms with Crippen LogP contribution in [0, 0.1) is 0 Å². The van der Waals surface area contributed by atoms with E-state index in [1.165, 1.54) is 0 Å². The molecule has 0 saturated heterocycles. The van der Waals surface area contributed by atoms with E-state index in [2.05, 4.69) is 12.2 Å². The molecule has 0 fully saturated rings. The summed E-state index contributed by atoms with van der Waals surface area (Å²) in [6, 6.07) is 19.1. The Bertz CT molecular complexity index is 946. The van der Waals surface area contributed by atoms with E-state index in [4.69, 9.17) is 9.84 Å². The average molecular weight is 360 g/mol. The smallest absolute Gasteiger partial charge is 0.335 e. The van der Waals surface area contributed by atoms with Crippen LogP contribution in [0.25, 0.3) is 12.2 Å². The molecule has 0 unspecified atom stereocenters. The number of pyridine rings is 1. The summed E-state index contributed by atoms with van der Waals surface area (Å²) in [5, 5.41) is 9.09. The van der Waals surface area contributed by atoms with E-state index in [0.717, 1.165) is 22.4 Å². The molecule has 0 amide bonds. The Morgan fingerprint density at radius 2 is 1.74 bits per heavy atom. The number of carboxylic acid groups (broad SMARTS) is 1. The SMILES string of the molecule is CCOc1cccc(/C=C\c2cc[n+](Cc3cccc(C(=O)O)c3)cc2)c1. The molecule has 1 aromatic heterocycles. The lowest BCUT2D eigenvalue weighted by atomic mass is 10.1. The molecule has 1 N–H and O–H groups in total. The molecule has 2 aromatic carbocycles. The fourth-order valence-electron chi connectivity index (χ4n) is 2.77. The van der Waals surface area contributed by atoms with Crippen LogP contribution >= 0.6 is 0 Å². The third-order valence-electron chi connectivity index (χ3n) is 4.09. The van der Waals surface area contributed by atoms with Gasteiger partial charge in [0.2, 0.25) is 0 Å². The van der Waals surface area contributed by atoms with Gasteiger partial charge in [0.25, 0.3) is 0 Å². The van der Waals surface area contributed by atoms with Gasteiger partial charge in [0.1, 0.15) is 5.75 Å². The zero-order valence-electron chi connectivity index (χ0n) is 15.2. The van der Waals surface area contributed by atoms with E-state index >= 15 is 0 Å². The molecule has 1 heterocycles. The maximum atomic E-state index is 11.1. The summed E-state index contributed by atoms with van der Waals surface area (Å²) in [6.45, 7) is 3.25. The van der Waals surface area contributed by atoms with Gasteiger partial charge in [-0.2, -0.15) is 0 Å². The topological polar surface area (TPSA) is 50.4 Å². The monoisotopic (exact) mass is 360 g/mol. The molecule has 3 aromatic rings. The van der Waals surface area contributed by atoms with E-state index in [-0.39, 0.29) is 0 Å². The number of aromatic carboxylic acids is 1. The number of rotatable bonds is 7. The molecule has 0 aliphatic heterocycles. The van der Waals surface area contributed by atoms with Gasteiger partial charge in [-0.1, -0.05) is 36.4 Å². The van der Waals surface area contributed by atoms with Gasteiger partial charge in [-0.3, -0.25) is 0 Å². The summed E-state index contributed by atoms with van der Waals surface area (Å²) in [5.41, 5.74) is 3.44. The van der Waals surface area contributed by atoms with Crippen molar-refractivity contribution in [3.8, 4) is 5.75 Å². The molecular formula is C23H22NO3+. The molecule has 4 heteroatoms. The van der Waals surface area contributed by atoms with Crippen LogP contribution < -0.4 is 9.30 Å². The van der Waals surface area contributed by atoms with E-state index in [0.29, 0.717) is 18.7 Å². The minimum Gasteiger partial charge on any atom is -0.494 e. The van der Waals surface area contributed by atoms with Crippen LogP contribution in [0.3, 0.4) is 0 Å². The molecule has 0 atom stereocenters. The molecule has 27 heavy (non-hydrogen) atoms. The second-order valence-electron chi connectivity index (χ2n) is 6.15. The summed E-state index contributed by atoms with van der Waals surface area (Å²) < 4.78 is 7.54. The number of benzene rings is 2. The maximum absolute atomic E-state index is 11.1. The highest BCUT2D eigenvalue weighted by molar-refractivity contribution is 5.87. The summed E-state index contributed by atoms with van der Waals surface area (Å²) in [5.74, 6) is -0.0371. The summed E-state index contributed by atoms with van der Waals surface area (Å²) >= 11 is 0. The molecule has 4 nitrogen and oxygen atoms in total. The van der Waals surface area contributed by atoms with Crippen LogP contribution in [0.15, 0.2) is 73.1 Å². The van der Waals surface area contributed by atoms with Crippen molar-refractivity contribution in [3.05, 3.63) is 95.3 Å². The number of hydrogen-bond acceptors (Lipinski definition) is 2. The molecule has 0 bridgehead atoms. The molecule has 0 saturated carbocycles. The number of aromatic nitrogens is 1. The second kappa shape index (κ2) is 8.81. The van der Waals surface area contributed by atoms with Crippen LogP contribution in [-0.2, 0) is 6.54 Å². The van der Waals surface area contributed by atoms with Crippen molar-refractivity contribution in [2.75, 3.05) is 6.61 Å². The summed E-state index contributed by atoms with van der Waals surface area (Å²) in [7, 11) is 0. The molecule has 3 rings (SSSR count). The Labute approximate surface area is 159 Å². The van der Waals surface area contributed by atoms with Gasteiger partial charge in [0, 0.05) is 17.7 Å². The second-order valence-corrected chi connectivity index (χ2v) is 6.15. The van der Waals surface area contributed by atoms with Crippen molar-refractivity contribution < 1.29 is 19.2 Å². The van der Waals surface area contributed by atoms with Gasteiger partial charge in [-0.15, -0.1) is 0 Å². The minimum absolute atomic E-state index is 0.307. The Kier molecular flexibility index (Phi) is 6.00. The van der Waals surface area contributed by atoms with Crippen molar-refractivity contribution in [1.82, 2.24) is 0 Å². The van der Waals surface area contributed by atoms with Crippen LogP contribution in [0.2, 0.25) is 0 Å². The Balaban J connectivity index is 1.67. The standard InChI is InChI=1S/C23H21NO3/c1-2-27-22-8-4-5-19(16-22)10-9-18-11-13-24(14-12-18)17-20-6-3-7-21(15-20)23(25)26/h3-16H,2,17H2,1H3/p+1/b10-9-. The zero-order chi connectivity index (χ0) is 19.1. The van der Waals surface area contributed by atoms with Gasteiger partial charge in [-0.05, 0) is 42.3 Å². The first-order valence-corrected chi connectivity index (χ1v) is 8.86. The van der Waals surface area contributed by atoms with E-state index in [9.17, 15) is 4.79 Å². The van der Waals surface area contributed by atoms with Crippen molar-refractivity contribution in [3.63, 3.8) is 0 Å². The van der Waals surface area contributed by atoms with E-state index in [1.54, 1.807) is 18.2 Å². The van der Waals surface area contributed by atoms with Gasteiger partial charge >= 0.3 is 5.97 Å². The first-order valence-electron chi connectivity index (χ1n) is 8.86. The van der Waals surface area contributed by atoms with Gasteiger partial charge in [-0.25, -0.2) is 9.36 Å². The molecule has 136 valence electrons. The third kappa shape index (κ3) is 5.28.